The number of hydrogen-bond acceptors (Lipinski definition) is 3. The highest BCUT2D eigenvalue weighted by Gasteiger charge is 2.50. The minimum absolute atomic E-state index is 0.0169. The van der Waals surface area contributed by atoms with Crippen molar-refractivity contribution in [1.29, 1.82) is 0 Å². The summed E-state index contributed by atoms with van der Waals surface area (Å²) in [7, 11) is 0. The summed E-state index contributed by atoms with van der Waals surface area (Å²) in [5.41, 5.74) is 0.535. The largest absolute Gasteiger partial charge is 0.447 e. The van der Waals surface area contributed by atoms with Crippen LogP contribution in [0, 0.1) is 17.3 Å². The van der Waals surface area contributed by atoms with Crippen molar-refractivity contribution in [2.24, 2.45) is 17.3 Å². The Labute approximate surface area is 134 Å². The van der Waals surface area contributed by atoms with Crippen LogP contribution in [0.25, 0.3) is 0 Å². The van der Waals surface area contributed by atoms with E-state index in [2.05, 4.69) is 29.8 Å². The number of benzene rings is 1. The van der Waals surface area contributed by atoms with Gasteiger partial charge < -0.3 is 4.74 Å². The van der Waals surface area contributed by atoms with Gasteiger partial charge in [-0.2, -0.15) is 0 Å². The maximum Gasteiger partial charge on any atom is 0.339 e. The van der Waals surface area contributed by atoms with Crippen LogP contribution in [0.2, 0.25) is 0 Å². The average molecular weight is 353 g/mol. The van der Waals surface area contributed by atoms with E-state index in [1.165, 1.54) is 0 Å². The standard InChI is InChI=1S/C17H21BrO3/c1-11(19)14-9-13(17(14,2)3)10-15(18)21-16(20)12-7-5-4-6-8-12/h4-8,13-15H,9-10H2,1-3H3. The lowest BCUT2D eigenvalue weighted by molar-refractivity contribution is -0.137. The number of halogens is 1. The molecule has 0 heterocycles. The Hall–Kier alpha value is -1.16. The van der Waals surface area contributed by atoms with Gasteiger partial charge in [-0.1, -0.05) is 32.0 Å². The highest BCUT2D eigenvalue weighted by molar-refractivity contribution is 9.09. The zero-order valence-corrected chi connectivity index (χ0v) is 14.2. The Morgan fingerprint density at radius 2 is 1.95 bits per heavy atom. The van der Waals surface area contributed by atoms with Gasteiger partial charge in [0.1, 0.15) is 5.78 Å². The van der Waals surface area contributed by atoms with Gasteiger partial charge in [-0.05, 0) is 59.2 Å². The minimum atomic E-state index is -0.322. The summed E-state index contributed by atoms with van der Waals surface area (Å²) in [6, 6.07) is 8.96. The van der Waals surface area contributed by atoms with Crippen molar-refractivity contribution in [1.82, 2.24) is 0 Å². The molecule has 3 nitrogen and oxygen atoms in total. The third-order valence-electron chi connectivity index (χ3n) is 4.68. The Bertz CT molecular complexity index is 524. The molecule has 114 valence electrons. The number of Topliss-reactive ketones (excluding diaryl/α,β-unsaturated/α-hetero) is 1. The van der Waals surface area contributed by atoms with E-state index in [0.29, 0.717) is 11.5 Å². The second-order valence-electron chi connectivity index (χ2n) is 6.33. The monoisotopic (exact) mass is 352 g/mol. The number of alkyl halides is 1. The molecule has 0 radical (unpaired) electrons. The third-order valence-corrected chi connectivity index (χ3v) is 5.24. The van der Waals surface area contributed by atoms with Crippen molar-refractivity contribution in [3.05, 3.63) is 35.9 Å². The van der Waals surface area contributed by atoms with Gasteiger partial charge in [0.05, 0.1) is 5.56 Å². The maximum absolute atomic E-state index is 12.0. The topological polar surface area (TPSA) is 43.4 Å². The molecule has 1 aliphatic rings. The first-order valence-electron chi connectivity index (χ1n) is 7.23. The molecule has 1 aromatic rings. The Morgan fingerprint density at radius 1 is 1.33 bits per heavy atom. The molecule has 1 saturated carbocycles. The summed E-state index contributed by atoms with van der Waals surface area (Å²) in [5, 5.41) is -0.317. The predicted molar refractivity (Wildman–Crippen MR) is 85.2 cm³/mol. The molecule has 21 heavy (non-hydrogen) atoms. The molecule has 0 saturated heterocycles. The molecule has 0 spiro atoms. The predicted octanol–water partition coefficient (Wildman–Crippen LogP) is 4.21. The van der Waals surface area contributed by atoms with Crippen molar-refractivity contribution in [3.63, 3.8) is 0 Å². The normalized spacial score (nSPS) is 24.8. The molecule has 0 N–H and O–H groups in total. The highest BCUT2D eigenvalue weighted by atomic mass is 79.9. The summed E-state index contributed by atoms with van der Waals surface area (Å²) in [6.45, 7) is 5.89. The van der Waals surface area contributed by atoms with Crippen molar-refractivity contribution < 1.29 is 14.3 Å². The lowest BCUT2D eigenvalue weighted by Gasteiger charge is -2.51. The lowest BCUT2D eigenvalue weighted by Crippen LogP contribution is -2.49. The summed E-state index contributed by atoms with van der Waals surface area (Å²) in [4.78, 5) is 23.5. The molecule has 1 aromatic carbocycles. The molecule has 1 aliphatic carbocycles. The zero-order valence-electron chi connectivity index (χ0n) is 12.6. The molecule has 1 fully saturated rings. The van der Waals surface area contributed by atoms with Gasteiger partial charge in [-0.3, -0.25) is 4.79 Å². The molecular formula is C17H21BrO3. The molecule has 3 unspecified atom stereocenters. The number of carbonyl (C=O) groups is 2. The smallest absolute Gasteiger partial charge is 0.339 e. The van der Waals surface area contributed by atoms with E-state index < -0.39 is 0 Å². The molecule has 3 atom stereocenters. The van der Waals surface area contributed by atoms with Crippen LogP contribution < -0.4 is 0 Å². The van der Waals surface area contributed by atoms with Gasteiger partial charge in [0.15, 0.2) is 5.01 Å². The van der Waals surface area contributed by atoms with Crippen LogP contribution >= 0.6 is 15.9 Å². The maximum atomic E-state index is 12.0. The fourth-order valence-corrected chi connectivity index (χ4v) is 3.76. The van der Waals surface area contributed by atoms with E-state index in [9.17, 15) is 9.59 Å². The molecule has 4 heteroatoms. The molecule has 0 bridgehead atoms. The molecular weight excluding hydrogens is 332 g/mol. The van der Waals surface area contributed by atoms with Crippen LogP contribution in [0.15, 0.2) is 30.3 Å². The Balaban J connectivity index is 1.87. The number of hydrogen-bond donors (Lipinski definition) is 0. The first kappa shape index (κ1) is 16.2. The van der Waals surface area contributed by atoms with Gasteiger partial charge in [-0.15, -0.1) is 0 Å². The van der Waals surface area contributed by atoms with Gasteiger partial charge in [0.25, 0.3) is 0 Å². The molecule has 0 amide bonds. The summed E-state index contributed by atoms with van der Waals surface area (Å²) in [6.07, 6.45) is 1.61. The van der Waals surface area contributed by atoms with E-state index >= 15 is 0 Å². The lowest BCUT2D eigenvalue weighted by atomic mass is 9.53. The molecule has 0 aliphatic heterocycles. The SMILES string of the molecule is CC(=O)C1CC(CC(Br)OC(=O)c2ccccc2)C1(C)C. The van der Waals surface area contributed by atoms with Gasteiger partial charge in [-0.25, -0.2) is 4.79 Å². The summed E-state index contributed by atoms with van der Waals surface area (Å²) in [5.74, 6) is 0.452. The van der Waals surface area contributed by atoms with Crippen molar-refractivity contribution >= 4 is 27.7 Å². The van der Waals surface area contributed by atoms with E-state index in [1.54, 1.807) is 19.1 Å². The van der Waals surface area contributed by atoms with E-state index in [-0.39, 0.29) is 28.1 Å². The van der Waals surface area contributed by atoms with Crippen LogP contribution in [0.3, 0.4) is 0 Å². The number of esters is 1. The quantitative estimate of drug-likeness (QED) is 0.588. The molecule has 2 rings (SSSR count). The average Bonchev–Trinajstić information content (AvgIpc) is 2.43. The summed E-state index contributed by atoms with van der Waals surface area (Å²) < 4.78 is 5.42. The minimum Gasteiger partial charge on any atom is -0.447 e. The second-order valence-corrected chi connectivity index (χ2v) is 7.36. The Morgan fingerprint density at radius 3 is 2.48 bits per heavy atom. The van der Waals surface area contributed by atoms with Gasteiger partial charge >= 0.3 is 5.97 Å². The summed E-state index contributed by atoms with van der Waals surface area (Å²) >= 11 is 3.43. The zero-order chi connectivity index (χ0) is 15.6. The first-order chi connectivity index (χ1) is 9.82. The van der Waals surface area contributed by atoms with Gasteiger partial charge in [0, 0.05) is 5.92 Å². The van der Waals surface area contributed by atoms with Crippen molar-refractivity contribution in [3.8, 4) is 0 Å². The second kappa shape index (κ2) is 6.30. The van der Waals surface area contributed by atoms with Crippen LogP contribution in [0.1, 0.15) is 44.0 Å². The first-order valence-corrected chi connectivity index (χ1v) is 8.14. The number of carbonyl (C=O) groups excluding carboxylic acids is 2. The van der Waals surface area contributed by atoms with E-state index in [4.69, 9.17) is 4.74 Å². The highest BCUT2D eigenvalue weighted by Crippen LogP contribution is 2.54. The fourth-order valence-electron chi connectivity index (χ4n) is 3.14. The van der Waals surface area contributed by atoms with E-state index in [0.717, 1.165) is 12.8 Å². The number of ketones is 1. The van der Waals surface area contributed by atoms with Crippen LogP contribution in [0.4, 0.5) is 0 Å². The number of rotatable bonds is 5. The third kappa shape index (κ3) is 3.54. The van der Waals surface area contributed by atoms with E-state index in [1.807, 2.05) is 18.2 Å². The van der Waals surface area contributed by atoms with Crippen LogP contribution in [-0.4, -0.2) is 16.8 Å². The Kier molecular flexibility index (Phi) is 4.87. The van der Waals surface area contributed by atoms with Crippen LogP contribution in [0.5, 0.6) is 0 Å². The van der Waals surface area contributed by atoms with Crippen molar-refractivity contribution in [2.45, 2.75) is 38.6 Å². The van der Waals surface area contributed by atoms with Gasteiger partial charge in [0.2, 0.25) is 0 Å². The number of ether oxygens (including phenoxy) is 1. The van der Waals surface area contributed by atoms with Crippen LogP contribution in [-0.2, 0) is 9.53 Å². The molecule has 0 aromatic heterocycles. The van der Waals surface area contributed by atoms with Crippen molar-refractivity contribution in [2.75, 3.05) is 0 Å². The fraction of sp³-hybridized carbons (Fsp3) is 0.529.